The summed E-state index contributed by atoms with van der Waals surface area (Å²) in [4.78, 5) is 28.7. The predicted octanol–water partition coefficient (Wildman–Crippen LogP) is -0.00942. The Kier molecular flexibility index (Phi) is 8.29. The molecule has 0 saturated carbocycles. The number of nitrogens with one attached hydrogen (secondary N) is 1. The second-order valence-corrected chi connectivity index (χ2v) is 6.95. The van der Waals surface area contributed by atoms with Crippen molar-refractivity contribution in [2.75, 3.05) is 53.6 Å². The lowest BCUT2D eigenvalue weighted by Crippen LogP contribution is -2.45. The van der Waals surface area contributed by atoms with Crippen LogP contribution in [0, 0.1) is 17.2 Å². The van der Waals surface area contributed by atoms with Crippen LogP contribution in [0.1, 0.15) is 25.7 Å². The molecule has 2 amide bonds. The third-order valence-electron chi connectivity index (χ3n) is 5.15. The van der Waals surface area contributed by atoms with Crippen molar-refractivity contribution >= 4 is 11.8 Å². The standard InChI is InChI=1S/C18H30N4O4/c1-25-8-6-21(7-9-26-2)17(23)11-14-10-16(20-13-14)18(24)22-5-3-4-15(22)12-19/h14-16,20H,3-11,13H2,1-2H3/t14-,15+,16+/m1/s1. The van der Waals surface area contributed by atoms with Gasteiger partial charge in [-0.15, -0.1) is 0 Å². The van der Waals surface area contributed by atoms with Gasteiger partial charge in [0.25, 0.3) is 0 Å². The molecule has 0 aromatic heterocycles. The van der Waals surface area contributed by atoms with Crippen molar-refractivity contribution in [1.29, 1.82) is 5.26 Å². The van der Waals surface area contributed by atoms with E-state index in [0.717, 1.165) is 12.8 Å². The van der Waals surface area contributed by atoms with Gasteiger partial charge in [-0.25, -0.2) is 0 Å². The maximum atomic E-state index is 12.6. The number of amides is 2. The quantitative estimate of drug-likeness (QED) is 0.617. The van der Waals surface area contributed by atoms with Crippen molar-refractivity contribution in [1.82, 2.24) is 15.1 Å². The summed E-state index contributed by atoms with van der Waals surface area (Å²) in [7, 11) is 3.23. The van der Waals surface area contributed by atoms with Crippen LogP contribution in [0.25, 0.3) is 0 Å². The molecule has 0 unspecified atom stereocenters. The van der Waals surface area contributed by atoms with Gasteiger partial charge in [0.15, 0.2) is 0 Å². The first kappa shape index (κ1) is 20.6. The second-order valence-electron chi connectivity index (χ2n) is 6.95. The van der Waals surface area contributed by atoms with Crippen LogP contribution in [-0.4, -0.2) is 87.3 Å². The lowest BCUT2D eigenvalue weighted by molar-refractivity contribution is -0.134. The molecule has 8 heteroatoms. The van der Waals surface area contributed by atoms with Crippen LogP contribution in [0.3, 0.4) is 0 Å². The van der Waals surface area contributed by atoms with E-state index >= 15 is 0 Å². The highest BCUT2D eigenvalue weighted by Crippen LogP contribution is 2.24. The monoisotopic (exact) mass is 366 g/mol. The number of likely N-dealkylation sites (tertiary alicyclic amines) is 1. The molecule has 3 atom stereocenters. The van der Waals surface area contributed by atoms with Crippen LogP contribution >= 0.6 is 0 Å². The first-order chi connectivity index (χ1) is 12.6. The number of carbonyl (C=O) groups excluding carboxylic acids is 2. The third kappa shape index (κ3) is 5.40. The highest BCUT2D eigenvalue weighted by molar-refractivity contribution is 5.83. The van der Waals surface area contributed by atoms with Gasteiger partial charge < -0.3 is 24.6 Å². The number of methoxy groups -OCH3 is 2. The molecule has 0 bridgehead atoms. The van der Waals surface area contributed by atoms with Crippen molar-refractivity contribution in [3.63, 3.8) is 0 Å². The van der Waals surface area contributed by atoms with E-state index in [9.17, 15) is 9.59 Å². The SMILES string of the molecule is COCCN(CCOC)C(=O)C[C@@H]1CN[C@H](C(=O)N2CCC[C@H]2C#N)C1. The topological polar surface area (TPSA) is 94.9 Å². The molecule has 0 radical (unpaired) electrons. The maximum absolute atomic E-state index is 12.6. The fourth-order valence-corrected chi connectivity index (χ4v) is 3.66. The molecule has 0 spiro atoms. The zero-order chi connectivity index (χ0) is 18.9. The first-order valence-corrected chi connectivity index (χ1v) is 9.29. The Morgan fingerprint density at radius 3 is 2.58 bits per heavy atom. The molecule has 2 aliphatic heterocycles. The minimum Gasteiger partial charge on any atom is -0.383 e. The van der Waals surface area contributed by atoms with Gasteiger partial charge >= 0.3 is 0 Å². The van der Waals surface area contributed by atoms with Crippen LogP contribution in [0.5, 0.6) is 0 Å². The minimum atomic E-state index is -0.302. The predicted molar refractivity (Wildman–Crippen MR) is 95.2 cm³/mol. The van der Waals surface area contributed by atoms with E-state index in [-0.39, 0.29) is 29.8 Å². The summed E-state index contributed by atoms with van der Waals surface area (Å²) in [6.07, 6.45) is 2.69. The summed E-state index contributed by atoms with van der Waals surface area (Å²) in [5.74, 6) is 0.196. The summed E-state index contributed by atoms with van der Waals surface area (Å²) < 4.78 is 10.2. The lowest BCUT2D eigenvalue weighted by Gasteiger charge is -2.24. The van der Waals surface area contributed by atoms with E-state index in [1.165, 1.54) is 0 Å². The smallest absolute Gasteiger partial charge is 0.240 e. The highest BCUT2D eigenvalue weighted by Gasteiger charge is 2.37. The van der Waals surface area contributed by atoms with Gasteiger partial charge in [-0.1, -0.05) is 0 Å². The summed E-state index contributed by atoms with van der Waals surface area (Å²) >= 11 is 0. The van der Waals surface area contributed by atoms with E-state index in [1.807, 2.05) is 0 Å². The molecule has 0 aliphatic carbocycles. The van der Waals surface area contributed by atoms with Crippen molar-refractivity contribution < 1.29 is 19.1 Å². The van der Waals surface area contributed by atoms with Crippen LogP contribution in [-0.2, 0) is 19.1 Å². The summed E-state index contributed by atoms with van der Waals surface area (Å²) in [6, 6.07) is 1.62. The average Bonchev–Trinajstić information content (AvgIpc) is 3.30. The molecule has 2 rings (SSSR count). The Morgan fingerprint density at radius 2 is 1.96 bits per heavy atom. The molecule has 0 aromatic rings. The van der Waals surface area contributed by atoms with Crippen molar-refractivity contribution in [3.05, 3.63) is 0 Å². The molecule has 2 aliphatic rings. The Bertz CT molecular complexity index is 514. The van der Waals surface area contributed by atoms with Crippen LogP contribution < -0.4 is 5.32 Å². The van der Waals surface area contributed by atoms with Crippen LogP contribution in [0.15, 0.2) is 0 Å². The number of carbonyl (C=O) groups is 2. The molecular formula is C18H30N4O4. The normalized spacial score (nSPS) is 25.3. The lowest BCUT2D eigenvalue weighted by atomic mass is 10.00. The fourth-order valence-electron chi connectivity index (χ4n) is 3.66. The summed E-state index contributed by atoms with van der Waals surface area (Å²) in [5.41, 5.74) is 0. The minimum absolute atomic E-state index is 0.000351. The zero-order valence-corrected chi connectivity index (χ0v) is 15.8. The van der Waals surface area contributed by atoms with Crippen molar-refractivity contribution in [3.8, 4) is 6.07 Å². The summed E-state index contributed by atoms with van der Waals surface area (Å²) in [6.45, 7) is 3.36. The van der Waals surface area contributed by atoms with Gasteiger partial charge in [0.05, 0.1) is 25.3 Å². The Hall–Kier alpha value is -1.69. The number of nitrogens with zero attached hydrogens (tertiary/aromatic N) is 3. The average molecular weight is 366 g/mol. The van der Waals surface area contributed by atoms with E-state index < -0.39 is 0 Å². The molecular weight excluding hydrogens is 336 g/mol. The Balaban J connectivity index is 1.84. The Labute approximate surface area is 155 Å². The van der Waals surface area contributed by atoms with Gasteiger partial charge in [0.2, 0.25) is 11.8 Å². The van der Waals surface area contributed by atoms with Crippen molar-refractivity contribution in [2.45, 2.75) is 37.8 Å². The number of rotatable bonds is 9. The van der Waals surface area contributed by atoms with Gasteiger partial charge in [-0.05, 0) is 31.7 Å². The second kappa shape index (κ2) is 10.5. The number of ether oxygens (including phenoxy) is 2. The zero-order valence-electron chi connectivity index (χ0n) is 15.8. The maximum Gasteiger partial charge on any atom is 0.240 e. The van der Waals surface area contributed by atoms with Crippen molar-refractivity contribution in [2.24, 2.45) is 5.92 Å². The molecule has 146 valence electrons. The van der Waals surface area contributed by atoms with Gasteiger partial charge in [0, 0.05) is 40.3 Å². The van der Waals surface area contributed by atoms with E-state index in [2.05, 4.69) is 11.4 Å². The highest BCUT2D eigenvalue weighted by atomic mass is 16.5. The number of hydrogen-bond donors (Lipinski definition) is 1. The number of hydrogen-bond acceptors (Lipinski definition) is 6. The molecule has 2 fully saturated rings. The van der Waals surface area contributed by atoms with Gasteiger partial charge in [0.1, 0.15) is 6.04 Å². The van der Waals surface area contributed by atoms with Gasteiger partial charge in [-0.2, -0.15) is 5.26 Å². The van der Waals surface area contributed by atoms with E-state index in [4.69, 9.17) is 14.7 Å². The molecule has 8 nitrogen and oxygen atoms in total. The molecule has 26 heavy (non-hydrogen) atoms. The first-order valence-electron chi connectivity index (χ1n) is 9.29. The summed E-state index contributed by atoms with van der Waals surface area (Å²) in [5, 5.41) is 12.4. The molecule has 0 aromatic carbocycles. The van der Waals surface area contributed by atoms with Crippen LogP contribution in [0.2, 0.25) is 0 Å². The largest absolute Gasteiger partial charge is 0.383 e. The van der Waals surface area contributed by atoms with Crippen LogP contribution in [0.4, 0.5) is 0 Å². The Morgan fingerprint density at radius 1 is 1.27 bits per heavy atom. The molecule has 1 N–H and O–H groups in total. The van der Waals surface area contributed by atoms with E-state index in [1.54, 1.807) is 24.0 Å². The van der Waals surface area contributed by atoms with Gasteiger partial charge in [-0.3, -0.25) is 9.59 Å². The third-order valence-corrected chi connectivity index (χ3v) is 5.15. The molecule has 2 saturated heterocycles. The van der Waals surface area contributed by atoms with E-state index in [0.29, 0.717) is 52.2 Å². The number of nitriles is 1. The molecule has 2 heterocycles. The fraction of sp³-hybridized carbons (Fsp3) is 0.833.